The maximum atomic E-state index is 13.8. The van der Waals surface area contributed by atoms with Gasteiger partial charge < -0.3 is 14.4 Å². The molecule has 2 aromatic carbocycles. The number of nitrogens with zero attached hydrogens (tertiary/aromatic N) is 5. The Morgan fingerprint density at radius 3 is 2.62 bits per heavy atom. The average Bonchev–Trinajstić information content (AvgIpc) is 3.45. The molecular formula is C31H32ClN5O4S. The summed E-state index contributed by atoms with van der Waals surface area (Å²) in [4.78, 5) is 41.5. The van der Waals surface area contributed by atoms with Crippen LogP contribution in [0.4, 0.5) is 26.8 Å². The van der Waals surface area contributed by atoms with Crippen molar-refractivity contribution >= 4 is 52.3 Å². The summed E-state index contributed by atoms with van der Waals surface area (Å²) in [5, 5.41) is 2.42. The zero-order valence-corrected chi connectivity index (χ0v) is 25.7. The smallest absolute Gasteiger partial charge is 0.416 e. The number of anilines is 3. The van der Waals surface area contributed by atoms with Crippen LogP contribution < -0.4 is 14.5 Å². The number of methoxy groups -OCH3 is 1. The van der Waals surface area contributed by atoms with Crippen molar-refractivity contribution < 1.29 is 19.1 Å². The van der Waals surface area contributed by atoms with Gasteiger partial charge >= 0.3 is 12.1 Å². The molecule has 0 unspecified atom stereocenters. The molecule has 218 valence electrons. The molecule has 0 bridgehead atoms. The van der Waals surface area contributed by atoms with Crippen LogP contribution in [-0.4, -0.2) is 39.7 Å². The third-order valence-corrected chi connectivity index (χ3v) is 7.52. The van der Waals surface area contributed by atoms with Crippen LogP contribution in [0.2, 0.25) is 5.02 Å². The molecule has 0 spiro atoms. The number of hydrogen-bond acceptors (Lipinski definition) is 7. The van der Waals surface area contributed by atoms with Gasteiger partial charge in [-0.3, -0.25) is 9.80 Å². The largest absolute Gasteiger partial charge is 0.497 e. The van der Waals surface area contributed by atoms with Gasteiger partial charge in [-0.05, 0) is 81.3 Å². The Morgan fingerprint density at radius 1 is 1.14 bits per heavy atom. The number of aromatic nitrogens is 2. The van der Waals surface area contributed by atoms with Crippen molar-refractivity contribution in [2.45, 2.75) is 52.9 Å². The average molecular weight is 606 g/mol. The SMILES string of the molecule is COc1ccc(CN(C(=O)OC(C)(C)C)c2ccc3c(n2)CN(Cc2cscn2)C(=O)N3c2cccc(Cl)c2)c(C)c1. The Bertz CT molecular complexity index is 1610. The van der Waals surface area contributed by atoms with Crippen molar-refractivity contribution in [2.24, 2.45) is 0 Å². The van der Waals surface area contributed by atoms with Crippen molar-refractivity contribution in [3.63, 3.8) is 0 Å². The number of carbonyl (C=O) groups is 2. The molecule has 11 heteroatoms. The normalized spacial score (nSPS) is 13.1. The first kappa shape index (κ1) is 29.3. The van der Waals surface area contributed by atoms with Crippen LogP contribution in [0.3, 0.4) is 0 Å². The minimum atomic E-state index is -0.710. The zero-order chi connectivity index (χ0) is 30.0. The Hall–Kier alpha value is -4.15. The second kappa shape index (κ2) is 12.0. The summed E-state index contributed by atoms with van der Waals surface area (Å²) in [7, 11) is 1.62. The first-order chi connectivity index (χ1) is 20.0. The molecule has 0 N–H and O–H groups in total. The lowest BCUT2D eigenvalue weighted by Crippen LogP contribution is -2.45. The fraction of sp³-hybridized carbons (Fsp3) is 0.290. The van der Waals surface area contributed by atoms with Gasteiger partial charge in [-0.15, -0.1) is 11.3 Å². The van der Waals surface area contributed by atoms with E-state index in [4.69, 9.17) is 26.1 Å². The number of amides is 3. The molecule has 1 aliphatic heterocycles. The highest BCUT2D eigenvalue weighted by Crippen LogP contribution is 2.37. The number of aryl methyl sites for hydroxylation is 1. The number of rotatable bonds is 7. The number of halogens is 1. The van der Waals surface area contributed by atoms with Gasteiger partial charge in [0.1, 0.15) is 17.2 Å². The van der Waals surface area contributed by atoms with E-state index < -0.39 is 11.7 Å². The van der Waals surface area contributed by atoms with Crippen LogP contribution in [0.5, 0.6) is 5.75 Å². The number of hydrogen-bond donors (Lipinski definition) is 0. The molecule has 0 saturated carbocycles. The molecule has 0 atom stereocenters. The lowest BCUT2D eigenvalue weighted by Gasteiger charge is -2.37. The molecule has 3 heterocycles. The summed E-state index contributed by atoms with van der Waals surface area (Å²) in [5.41, 5.74) is 5.55. The van der Waals surface area contributed by atoms with E-state index in [9.17, 15) is 9.59 Å². The van der Waals surface area contributed by atoms with Crippen molar-refractivity contribution in [2.75, 3.05) is 16.9 Å². The zero-order valence-electron chi connectivity index (χ0n) is 24.1. The lowest BCUT2D eigenvalue weighted by molar-refractivity contribution is 0.0576. The monoisotopic (exact) mass is 605 g/mol. The summed E-state index contributed by atoms with van der Waals surface area (Å²) >= 11 is 7.78. The molecule has 5 rings (SSSR count). The van der Waals surface area contributed by atoms with Crippen molar-refractivity contribution in [1.29, 1.82) is 0 Å². The fourth-order valence-corrected chi connectivity index (χ4v) is 5.38. The van der Waals surface area contributed by atoms with E-state index >= 15 is 0 Å². The van der Waals surface area contributed by atoms with E-state index in [1.165, 1.54) is 16.2 Å². The highest BCUT2D eigenvalue weighted by Gasteiger charge is 2.34. The van der Waals surface area contributed by atoms with Gasteiger partial charge in [0.25, 0.3) is 0 Å². The first-order valence-corrected chi connectivity index (χ1v) is 14.7. The van der Waals surface area contributed by atoms with Gasteiger partial charge in [0.05, 0.1) is 55.0 Å². The quantitative estimate of drug-likeness (QED) is 0.214. The second-order valence-electron chi connectivity index (χ2n) is 10.9. The van der Waals surface area contributed by atoms with Crippen LogP contribution in [0.15, 0.2) is 65.5 Å². The number of ether oxygens (including phenoxy) is 2. The molecule has 42 heavy (non-hydrogen) atoms. The summed E-state index contributed by atoms with van der Waals surface area (Å²) in [6, 6.07) is 16.2. The van der Waals surface area contributed by atoms with Gasteiger partial charge in [0.15, 0.2) is 0 Å². The first-order valence-electron chi connectivity index (χ1n) is 13.4. The Balaban J connectivity index is 1.57. The topological polar surface area (TPSA) is 88.1 Å². The fourth-order valence-electron chi connectivity index (χ4n) is 4.64. The maximum Gasteiger partial charge on any atom is 0.416 e. The van der Waals surface area contributed by atoms with Gasteiger partial charge in [-0.25, -0.2) is 19.6 Å². The van der Waals surface area contributed by atoms with Gasteiger partial charge in [0, 0.05) is 10.4 Å². The van der Waals surface area contributed by atoms with E-state index in [1.54, 1.807) is 46.7 Å². The predicted molar refractivity (Wildman–Crippen MR) is 165 cm³/mol. The summed E-state index contributed by atoms with van der Waals surface area (Å²) in [5.74, 6) is 1.14. The van der Waals surface area contributed by atoms with Crippen LogP contribution in [0.25, 0.3) is 0 Å². The third-order valence-electron chi connectivity index (χ3n) is 6.65. The van der Waals surface area contributed by atoms with Gasteiger partial charge in [0.2, 0.25) is 0 Å². The molecule has 0 radical (unpaired) electrons. The minimum Gasteiger partial charge on any atom is -0.497 e. The Kier molecular flexibility index (Phi) is 8.38. The summed E-state index contributed by atoms with van der Waals surface area (Å²) in [6.45, 7) is 8.23. The summed E-state index contributed by atoms with van der Waals surface area (Å²) in [6.07, 6.45) is -0.525. The minimum absolute atomic E-state index is 0.217. The van der Waals surface area contributed by atoms with Crippen LogP contribution >= 0.6 is 22.9 Å². The molecule has 0 saturated heterocycles. The van der Waals surface area contributed by atoms with Crippen molar-refractivity contribution in [3.8, 4) is 5.75 Å². The van der Waals surface area contributed by atoms with E-state index in [0.29, 0.717) is 34.5 Å². The second-order valence-corrected chi connectivity index (χ2v) is 12.1. The third kappa shape index (κ3) is 6.50. The van der Waals surface area contributed by atoms with E-state index in [0.717, 1.165) is 22.6 Å². The Morgan fingerprint density at radius 2 is 1.95 bits per heavy atom. The molecule has 3 amide bonds. The predicted octanol–water partition coefficient (Wildman–Crippen LogP) is 7.72. The number of urea groups is 1. The van der Waals surface area contributed by atoms with Gasteiger partial charge in [-0.1, -0.05) is 23.7 Å². The molecule has 0 fully saturated rings. The highest BCUT2D eigenvalue weighted by molar-refractivity contribution is 7.07. The van der Waals surface area contributed by atoms with E-state index in [2.05, 4.69) is 4.98 Å². The number of benzene rings is 2. The van der Waals surface area contributed by atoms with Gasteiger partial charge in [-0.2, -0.15) is 0 Å². The molecule has 2 aromatic heterocycles. The van der Waals surface area contributed by atoms with E-state index in [-0.39, 0.29) is 19.1 Å². The maximum absolute atomic E-state index is 13.8. The Labute approximate surface area is 254 Å². The van der Waals surface area contributed by atoms with Crippen molar-refractivity contribution in [3.05, 3.63) is 93.0 Å². The van der Waals surface area contributed by atoms with Crippen LogP contribution in [-0.2, 0) is 24.4 Å². The van der Waals surface area contributed by atoms with Crippen LogP contribution in [0.1, 0.15) is 43.3 Å². The summed E-state index contributed by atoms with van der Waals surface area (Å²) < 4.78 is 11.2. The number of thiazole rings is 1. The standard InChI is InChI=1S/C31H32ClN5O4S/c1-20-13-25(40-5)10-9-21(20)15-36(30(39)41-31(2,3)4)28-12-11-27-26(34-28)17-35(16-23-18-42-19-33-23)29(38)37(27)24-8-6-7-22(32)14-24/h6-14,18-19H,15-17H2,1-5H3. The number of pyridine rings is 1. The number of fused-ring (bicyclic) bond motifs is 1. The highest BCUT2D eigenvalue weighted by atomic mass is 35.5. The molecule has 0 aliphatic carbocycles. The lowest BCUT2D eigenvalue weighted by atomic mass is 10.1. The molecule has 9 nitrogen and oxygen atoms in total. The van der Waals surface area contributed by atoms with Crippen molar-refractivity contribution in [1.82, 2.24) is 14.9 Å². The number of carbonyl (C=O) groups excluding carboxylic acids is 2. The van der Waals surface area contributed by atoms with Crippen LogP contribution in [0, 0.1) is 6.92 Å². The molecule has 1 aliphatic rings. The molecule has 4 aromatic rings. The molecular weight excluding hydrogens is 574 g/mol. The van der Waals surface area contributed by atoms with E-state index in [1.807, 2.05) is 63.4 Å².